The standard InChI is InChI=1S/C56H106NO8P/c1-6-8-10-12-14-16-18-20-21-22-23-24-25-26-27-28-29-30-31-32-33-34-35-37-39-41-43-45-47-49-56(59)65-54(53-64-66(60,61)63-51-50-57(3,4)5)52-62-55(58)48-46-44-42-40-38-36-19-17-15-13-11-9-7-2/h17-20,22-23,54H,6-16,21,24-53H2,1-5H3/b19-17-,20-18-,23-22-. The quantitative estimate of drug-likeness (QED) is 0.0195. The van der Waals surface area contributed by atoms with Crippen LogP contribution in [-0.2, 0) is 32.7 Å². The molecule has 0 aromatic carbocycles. The van der Waals surface area contributed by atoms with E-state index in [0.29, 0.717) is 17.4 Å². The maximum Gasteiger partial charge on any atom is 0.306 e. The molecule has 0 saturated carbocycles. The highest BCUT2D eigenvalue weighted by molar-refractivity contribution is 7.45. The minimum atomic E-state index is -4.63. The monoisotopic (exact) mass is 952 g/mol. The van der Waals surface area contributed by atoms with Crippen molar-refractivity contribution in [3.05, 3.63) is 36.5 Å². The van der Waals surface area contributed by atoms with Gasteiger partial charge in [0.1, 0.15) is 19.8 Å². The summed E-state index contributed by atoms with van der Waals surface area (Å²) in [7, 11) is 1.17. The summed E-state index contributed by atoms with van der Waals surface area (Å²) in [5.41, 5.74) is 0. The average Bonchev–Trinajstić information content (AvgIpc) is 3.27. The Balaban J connectivity index is 4.07. The molecule has 0 rings (SSSR count). The van der Waals surface area contributed by atoms with Gasteiger partial charge < -0.3 is 27.9 Å². The lowest BCUT2D eigenvalue weighted by Gasteiger charge is -2.28. The number of esters is 2. The van der Waals surface area contributed by atoms with Crippen molar-refractivity contribution in [3.63, 3.8) is 0 Å². The Hall–Kier alpha value is -1.77. The molecule has 0 heterocycles. The molecular weight excluding hydrogens is 846 g/mol. The van der Waals surface area contributed by atoms with E-state index in [1.165, 1.54) is 161 Å². The number of allylic oxidation sites excluding steroid dienone is 6. The third-order valence-corrected chi connectivity index (χ3v) is 13.1. The minimum absolute atomic E-state index is 0.0308. The summed E-state index contributed by atoms with van der Waals surface area (Å²) in [5.74, 6) is -0.835. The molecule has 0 spiro atoms. The summed E-state index contributed by atoms with van der Waals surface area (Å²) in [6.07, 6.45) is 57.6. The van der Waals surface area contributed by atoms with Crippen LogP contribution < -0.4 is 4.89 Å². The fourth-order valence-electron chi connectivity index (χ4n) is 7.80. The Morgan fingerprint density at radius 2 is 0.818 bits per heavy atom. The van der Waals surface area contributed by atoms with Crippen molar-refractivity contribution in [2.45, 2.75) is 264 Å². The molecule has 0 bridgehead atoms. The molecule has 66 heavy (non-hydrogen) atoms. The summed E-state index contributed by atoms with van der Waals surface area (Å²) < 4.78 is 34.1. The van der Waals surface area contributed by atoms with Gasteiger partial charge >= 0.3 is 11.9 Å². The van der Waals surface area contributed by atoms with E-state index >= 15 is 0 Å². The van der Waals surface area contributed by atoms with E-state index in [1.807, 2.05) is 21.1 Å². The number of unbranched alkanes of at least 4 members (excludes halogenated alkanes) is 31. The summed E-state index contributed by atoms with van der Waals surface area (Å²) >= 11 is 0. The van der Waals surface area contributed by atoms with E-state index in [0.717, 1.165) is 64.2 Å². The van der Waals surface area contributed by atoms with Gasteiger partial charge in [0.25, 0.3) is 7.82 Å². The van der Waals surface area contributed by atoms with E-state index < -0.39 is 26.5 Å². The fourth-order valence-corrected chi connectivity index (χ4v) is 8.53. The summed E-state index contributed by atoms with van der Waals surface area (Å²) in [4.78, 5) is 37.7. The van der Waals surface area contributed by atoms with Crippen LogP contribution in [0.5, 0.6) is 0 Å². The molecule has 388 valence electrons. The van der Waals surface area contributed by atoms with Gasteiger partial charge in [0, 0.05) is 12.8 Å². The van der Waals surface area contributed by atoms with Crippen LogP contribution in [0.3, 0.4) is 0 Å². The molecule has 9 nitrogen and oxygen atoms in total. The van der Waals surface area contributed by atoms with Gasteiger partial charge in [-0.25, -0.2) is 0 Å². The van der Waals surface area contributed by atoms with Gasteiger partial charge in [-0.2, -0.15) is 0 Å². The van der Waals surface area contributed by atoms with Crippen LogP contribution in [-0.4, -0.2) is 70.0 Å². The normalized spacial score (nSPS) is 13.6. The molecule has 0 N–H and O–H groups in total. The first kappa shape index (κ1) is 64.2. The first-order chi connectivity index (χ1) is 32.0. The van der Waals surface area contributed by atoms with Crippen molar-refractivity contribution < 1.29 is 42.1 Å². The number of ether oxygens (including phenoxy) is 2. The molecule has 0 aliphatic rings. The average molecular weight is 952 g/mol. The van der Waals surface area contributed by atoms with Crippen LogP contribution in [0.25, 0.3) is 0 Å². The zero-order valence-corrected chi connectivity index (χ0v) is 44.8. The molecule has 0 fully saturated rings. The molecule has 0 aliphatic heterocycles. The highest BCUT2D eigenvalue weighted by Crippen LogP contribution is 2.38. The minimum Gasteiger partial charge on any atom is -0.756 e. The topological polar surface area (TPSA) is 111 Å². The maximum absolute atomic E-state index is 12.8. The van der Waals surface area contributed by atoms with Crippen LogP contribution in [0.15, 0.2) is 36.5 Å². The van der Waals surface area contributed by atoms with Crippen LogP contribution in [0.1, 0.15) is 258 Å². The van der Waals surface area contributed by atoms with Gasteiger partial charge in [-0.3, -0.25) is 14.2 Å². The van der Waals surface area contributed by atoms with Crippen molar-refractivity contribution in [1.82, 2.24) is 0 Å². The molecule has 10 heteroatoms. The molecular formula is C56H106NO8P. The van der Waals surface area contributed by atoms with E-state index in [2.05, 4.69) is 50.3 Å². The first-order valence-electron chi connectivity index (χ1n) is 27.7. The number of rotatable bonds is 51. The molecule has 0 aliphatic carbocycles. The van der Waals surface area contributed by atoms with Crippen LogP contribution in [0.4, 0.5) is 0 Å². The third kappa shape index (κ3) is 51.6. The highest BCUT2D eigenvalue weighted by Gasteiger charge is 2.21. The van der Waals surface area contributed by atoms with Gasteiger partial charge in [0.05, 0.1) is 27.7 Å². The predicted molar refractivity (Wildman–Crippen MR) is 277 cm³/mol. The van der Waals surface area contributed by atoms with E-state index in [1.54, 1.807) is 0 Å². The molecule has 0 aromatic rings. The van der Waals surface area contributed by atoms with E-state index in [9.17, 15) is 19.0 Å². The maximum atomic E-state index is 12.8. The van der Waals surface area contributed by atoms with Crippen molar-refractivity contribution in [2.24, 2.45) is 0 Å². The fraction of sp³-hybridized carbons (Fsp3) is 0.857. The van der Waals surface area contributed by atoms with Gasteiger partial charge in [-0.15, -0.1) is 0 Å². The molecule has 2 atom stereocenters. The number of likely N-dealkylation sites (N-methyl/N-ethyl adjacent to an activating group) is 1. The Bertz CT molecular complexity index is 1210. The molecule has 0 radical (unpaired) electrons. The third-order valence-electron chi connectivity index (χ3n) is 12.1. The number of phosphoric ester groups is 1. The van der Waals surface area contributed by atoms with Gasteiger partial charge in [0.15, 0.2) is 6.10 Å². The Labute approximate surface area is 408 Å². The van der Waals surface area contributed by atoms with Crippen LogP contribution >= 0.6 is 7.82 Å². The predicted octanol–water partition coefficient (Wildman–Crippen LogP) is 16.2. The van der Waals surface area contributed by atoms with E-state index in [4.69, 9.17) is 18.5 Å². The summed E-state index contributed by atoms with van der Waals surface area (Å²) in [5, 5.41) is 0. The van der Waals surface area contributed by atoms with E-state index in [-0.39, 0.29) is 32.0 Å². The largest absolute Gasteiger partial charge is 0.756 e. The molecule has 0 aromatic heterocycles. The Morgan fingerprint density at radius 1 is 0.470 bits per heavy atom. The second kappa shape index (κ2) is 48.3. The van der Waals surface area contributed by atoms with Gasteiger partial charge in [-0.05, 0) is 70.6 Å². The first-order valence-corrected chi connectivity index (χ1v) is 29.2. The van der Waals surface area contributed by atoms with Crippen molar-refractivity contribution >= 4 is 19.8 Å². The Morgan fingerprint density at radius 3 is 1.23 bits per heavy atom. The number of nitrogens with zero attached hydrogens (tertiary/aromatic N) is 1. The molecule has 2 unspecified atom stereocenters. The number of quaternary nitrogens is 1. The van der Waals surface area contributed by atoms with Crippen molar-refractivity contribution in [3.8, 4) is 0 Å². The summed E-state index contributed by atoms with van der Waals surface area (Å²) in [6.45, 7) is 4.22. The van der Waals surface area contributed by atoms with Crippen molar-refractivity contribution in [2.75, 3.05) is 47.5 Å². The lowest BCUT2D eigenvalue weighted by Crippen LogP contribution is -2.37. The number of carbonyl (C=O) groups excluding carboxylic acids is 2. The molecule has 0 amide bonds. The summed E-state index contributed by atoms with van der Waals surface area (Å²) in [6, 6.07) is 0. The SMILES string of the molecule is CCCCCC/C=C\CCCCCCCC(=O)OCC(COP(=O)([O-])OCC[N+](C)(C)C)OC(=O)CCCCCCCCCCCCCCCCCCC/C=C\C/C=C\CCCCCCC. The van der Waals surface area contributed by atoms with Crippen LogP contribution in [0.2, 0.25) is 0 Å². The Kier molecular flexibility index (Phi) is 47.0. The lowest BCUT2D eigenvalue weighted by molar-refractivity contribution is -0.870. The van der Waals surface area contributed by atoms with Gasteiger partial charge in [-0.1, -0.05) is 211 Å². The zero-order valence-electron chi connectivity index (χ0n) is 43.9. The lowest BCUT2D eigenvalue weighted by atomic mass is 10.0. The zero-order chi connectivity index (χ0) is 48.5. The molecule has 0 saturated heterocycles. The smallest absolute Gasteiger partial charge is 0.306 e. The number of carbonyl (C=O) groups is 2. The second-order valence-corrected chi connectivity index (χ2v) is 21.4. The van der Waals surface area contributed by atoms with Crippen molar-refractivity contribution in [1.29, 1.82) is 0 Å². The number of phosphoric acid groups is 1. The van der Waals surface area contributed by atoms with Crippen LogP contribution in [0, 0.1) is 0 Å². The van der Waals surface area contributed by atoms with Gasteiger partial charge in [0.2, 0.25) is 0 Å². The second-order valence-electron chi connectivity index (χ2n) is 19.9. The number of hydrogen-bond donors (Lipinski definition) is 0. The highest BCUT2D eigenvalue weighted by atomic mass is 31.2. The number of hydrogen-bond acceptors (Lipinski definition) is 8.